The van der Waals surface area contributed by atoms with E-state index in [-0.39, 0.29) is 0 Å². The van der Waals surface area contributed by atoms with Gasteiger partial charge in [0.15, 0.2) is 0 Å². The Morgan fingerprint density at radius 1 is 0.591 bits per heavy atom. The first-order valence-corrected chi connectivity index (χ1v) is 8.41. The van der Waals surface area contributed by atoms with E-state index in [0.717, 1.165) is 35.7 Å². The van der Waals surface area contributed by atoms with Crippen molar-refractivity contribution in [2.75, 3.05) is 0 Å². The zero-order valence-corrected chi connectivity index (χ0v) is 13.7. The Morgan fingerprint density at radius 2 is 1.05 bits per heavy atom. The first-order valence-electron chi connectivity index (χ1n) is 7.65. The molecule has 2 aromatic carbocycles. The molecule has 2 aromatic rings. The number of rotatable bonds is 0. The molecule has 0 spiro atoms. The van der Waals surface area contributed by atoms with E-state index in [4.69, 9.17) is 23.2 Å². The van der Waals surface area contributed by atoms with Crippen molar-refractivity contribution in [1.82, 2.24) is 0 Å². The maximum absolute atomic E-state index is 5.85. The summed E-state index contributed by atoms with van der Waals surface area (Å²) >= 11 is 11.7. The minimum atomic E-state index is 0.831. The molecule has 0 radical (unpaired) electrons. The van der Waals surface area contributed by atoms with Gasteiger partial charge in [-0.15, -0.1) is 0 Å². The monoisotopic (exact) mass is 326 g/mol. The molecule has 2 bridgehead atoms. The van der Waals surface area contributed by atoms with Gasteiger partial charge in [-0.25, -0.2) is 0 Å². The largest absolute Gasteiger partial charge is 0.0828 e. The van der Waals surface area contributed by atoms with E-state index in [0.29, 0.717) is 0 Å². The fourth-order valence-corrected chi connectivity index (χ4v) is 4.09. The van der Waals surface area contributed by atoms with Crippen molar-refractivity contribution in [3.05, 3.63) is 80.9 Å². The fraction of sp³-hybridized carbons (Fsp3) is 0.200. The van der Waals surface area contributed by atoms with Gasteiger partial charge >= 0.3 is 0 Å². The molecule has 0 aliphatic heterocycles. The van der Waals surface area contributed by atoms with Crippen LogP contribution in [-0.2, 0) is 6.42 Å². The molecular formula is C20H16Cl2. The summed E-state index contributed by atoms with van der Waals surface area (Å²) in [5.74, 6) is 0. The second-order valence-corrected chi connectivity index (χ2v) is 6.76. The van der Waals surface area contributed by atoms with Gasteiger partial charge in [-0.2, -0.15) is 0 Å². The highest BCUT2D eigenvalue weighted by atomic mass is 35.5. The Balaban J connectivity index is 0.000000122. The van der Waals surface area contributed by atoms with Crippen LogP contribution >= 0.6 is 23.2 Å². The molecule has 0 N–H and O–H groups in total. The molecular weight excluding hydrogens is 311 g/mol. The Hall–Kier alpha value is -1.50. The molecule has 3 aliphatic carbocycles. The Morgan fingerprint density at radius 3 is 1.45 bits per heavy atom. The van der Waals surface area contributed by atoms with Crippen molar-refractivity contribution in [2.45, 2.75) is 25.7 Å². The molecule has 3 aliphatic rings. The molecule has 1 saturated carbocycles. The molecule has 0 saturated heterocycles. The molecule has 110 valence electrons. The summed E-state index contributed by atoms with van der Waals surface area (Å²) in [6.07, 6.45) is 4.44. The molecule has 1 fully saturated rings. The van der Waals surface area contributed by atoms with E-state index in [9.17, 15) is 0 Å². The minimum absolute atomic E-state index is 0.831. The molecule has 5 rings (SSSR count). The van der Waals surface area contributed by atoms with Gasteiger partial charge in [0.1, 0.15) is 0 Å². The maximum atomic E-state index is 5.85. The summed E-state index contributed by atoms with van der Waals surface area (Å²) < 4.78 is 0. The van der Waals surface area contributed by atoms with Crippen LogP contribution in [0.3, 0.4) is 0 Å². The quantitative estimate of drug-likeness (QED) is 0.446. The van der Waals surface area contributed by atoms with Gasteiger partial charge < -0.3 is 0 Å². The molecule has 0 nitrogen and oxygen atoms in total. The number of hydrogen-bond donors (Lipinski definition) is 0. The highest BCUT2D eigenvalue weighted by molar-refractivity contribution is 6.45. The van der Waals surface area contributed by atoms with Gasteiger partial charge in [0.2, 0.25) is 0 Å². The maximum Gasteiger partial charge on any atom is 0.0587 e. The molecule has 0 unspecified atom stereocenters. The lowest BCUT2D eigenvalue weighted by molar-refractivity contribution is 1.03. The topological polar surface area (TPSA) is 0 Å². The lowest BCUT2D eigenvalue weighted by atomic mass is 10.1. The number of allylic oxidation sites excluding steroid dienone is 4. The van der Waals surface area contributed by atoms with E-state index in [1.807, 2.05) is 0 Å². The molecule has 0 heterocycles. The smallest absolute Gasteiger partial charge is 0.0587 e. The number of halogens is 2. The summed E-state index contributed by atoms with van der Waals surface area (Å²) in [6.45, 7) is 0. The molecule has 0 amide bonds. The standard InChI is InChI=1S/C13H10.C7H6Cl2/c1-3-7-12-10(5-1)9-11-6-2-4-8-13(11)12;8-6-4-1-2-5(3-4)7(6)9/h1-8H,9H2;1-3H2. The molecule has 22 heavy (non-hydrogen) atoms. The Labute approximate surface area is 141 Å². The van der Waals surface area contributed by atoms with Gasteiger partial charge in [0.05, 0.1) is 10.1 Å². The summed E-state index contributed by atoms with van der Waals surface area (Å²) in [5.41, 5.74) is 8.44. The van der Waals surface area contributed by atoms with Gasteiger partial charge in [-0.3, -0.25) is 0 Å². The zero-order valence-electron chi connectivity index (χ0n) is 12.2. The van der Waals surface area contributed by atoms with Crippen LogP contribution in [0.5, 0.6) is 0 Å². The van der Waals surface area contributed by atoms with Crippen molar-refractivity contribution in [3.63, 3.8) is 0 Å². The lowest BCUT2D eigenvalue weighted by Gasteiger charge is -2.00. The van der Waals surface area contributed by atoms with Crippen LogP contribution in [0.4, 0.5) is 0 Å². The average molecular weight is 327 g/mol. The average Bonchev–Trinajstić information content (AvgIpc) is 3.24. The molecule has 2 heteroatoms. The Bertz CT molecular complexity index is 744. The van der Waals surface area contributed by atoms with Crippen molar-refractivity contribution in [3.8, 4) is 11.1 Å². The van der Waals surface area contributed by atoms with Crippen LogP contribution in [0.1, 0.15) is 30.4 Å². The van der Waals surface area contributed by atoms with E-state index < -0.39 is 0 Å². The highest BCUT2D eigenvalue weighted by Gasteiger charge is 2.27. The van der Waals surface area contributed by atoms with E-state index in [1.54, 1.807) is 0 Å². The van der Waals surface area contributed by atoms with Crippen LogP contribution in [-0.4, -0.2) is 0 Å². The van der Waals surface area contributed by atoms with Crippen LogP contribution in [0.15, 0.2) is 69.7 Å². The molecule has 0 atom stereocenters. The second kappa shape index (κ2) is 5.61. The van der Waals surface area contributed by atoms with Crippen LogP contribution in [0.25, 0.3) is 11.1 Å². The molecule has 0 aromatic heterocycles. The van der Waals surface area contributed by atoms with Crippen molar-refractivity contribution < 1.29 is 0 Å². The van der Waals surface area contributed by atoms with Crippen LogP contribution in [0, 0.1) is 0 Å². The van der Waals surface area contributed by atoms with Gasteiger partial charge in [0.25, 0.3) is 0 Å². The first kappa shape index (κ1) is 14.1. The highest BCUT2D eigenvalue weighted by Crippen LogP contribution is 2.46. The van der Waals surface area contributed by atoms with Crippen molar-refractivity contribution >= 4 is 23.2 Å². The summed E-state index contributed by atoms with van der Waals surface area (Å²) in [4.78, 5) is 0. The van der Waals surface area contributed by atoms with E-state index in [1.165, 1.54) is 33.4 Å². The normalized spacial score (nSPS) is 17.4. The third-order valence-corrected chi connectivity index (χ3v) is 5.68. The van der Waals surface area contributed by atoms with Crippen LogP contribution in [0.2, 0.25) is 0 Å². The fourth-order valence-electron chi connectivity index (χ4n) is 3.50. The van der Waals surface area contributed by atoms with Gasteiger partial charge in [0, 0.05) is 0 Å². The third kappa shape index (κ3) is 2.31. The van der Waals surface area contributed by atoms with Gasteiger partial charge in [-0.1, -0.05) is 71.7 Å². The first-order chi connectivity index (χ1) is 10.7. The Kier molecular flexibility index (Phi) is 3.60. The minimum Gasteiger partial charge on any atom is -0.0828 e. The van der Waals surface area contributed by atoms with Crippen molar-refractivity contribution in [1.29, 1.82) is 0 Å². The van der Waals surface area contributed by atoms with E-state index in [2.05, 4.69) is 48.5 Å². The summed E-state index contributed by atoms with van der Waals surface area (Å²) in [6, 6.07) is 17.3. The SMILES string of the molecule is ClC1=C2CCC(=C1Cl)C2.c1ccc2c(c1)Cc1ccccc1-2. The van der Waals surface area contributed by atoms with Crippen LogP contribution < -0.4 is 0 Å². The summed E-state index contributed by atoms with van der Waals surface area (Å²) in [7, 11) is 0. The lowest BCUT2D eigenvalue weighted by Crippen LogP contribution is -1.80. The van der Waals surface area contributed by atoms with Gasteiger partial charge in [-0.05, 0) is 59.1 Å². The predicted octanol–water partition coefficient (Wildman–Crippen LogP) is 6.43. The van der Waals surface area contributed by atoms with E-state index >= 15 is 0 Å². The number of fused-ring (bicyclic) bond motifs is 5. The second-order valence-electron chi connectivity index (χ2n) is 6.00. The number of benzene rings is 2. The summed E-state index contributed by atoms with van der Waals surface area (Å²) in [5, 5.41) is 1.66. The number of hydrogen-bond acceptors (Lipinski definition) is 0. The zero-order chi connectivity index (χ0) is 15.1. The third-order valence-electron chi connectivity index (χ3n) is 4.67. The van der Waals surface area contributed by atoms with Crippen molar-refractivity contribution in [2.24, 2.45) is 0 Å². The predicted molar refractivity (Wildman–Crippen MR) is 94.3 cm³/mol.